The topological polar surface area (TPSA) is 98.2 Å². The minimum atomic E-state index is -0.405. The predicted octanol–water partition coefficient (Wildman–Crippen LogP) is 3.28. The van der Waals surface area contributed by atoms with Crippen LogP contribution in [0.4, 0.5) is 0 Å². The molecule has 1 amide bonds. The lowest BCUT2D eigenvalue weighted by Gasteiger charge is -2.26. The Morgan fingerprint density at radius 2 is 2.17 bits per heavy atom. The molecular formula is C20H20N6O2S. The first-order chi connectivity index (χ1) is 14.2. The van der Waals surface area contributed by atoms with E-state index in [0.29, 0.717) is 29.7 Å². The van der Waals surface area contributed by atoms with Crippen molar-refractivity contribution in [3.8, 4) is 11.5 Å². The maximum atomic E-state index is 13.1. The molecule has 0 saturated heterocycles. The van der Waals surface area contributed by atoms with Crippen molar-refractivity contribution >= 4 is 22.9 Å². The quantitative estimate of drug-likeness (QED) is 0.544. The highest BCUT2D eigenvalue weighted by molar-refractivity contribution is 7.10. The van der Waals surface area contributed by atoms with E-state index in [4.69, 9.17) is 4.52 Å². The number of nitrogens with zero attached hydrogens (tertiary/aromatic N) is 5. The monoisotopic (exact) mass is 408 g/mol. The van der Waals surface area contributed by atoms with Gasteiger partial charge >= 0.3 is 0 Å². The maximum Gasteiger partial charge on any atom is 0.258 e. The molecule has 148 valence electrons. The average Bonchev–Trinajstić information content (AvgIpc) is 3.52. The molecule has 8 nitrogen and oxygen atoms in total. The molecule has 4 heterocycles. The number of carbonyl (C=O) groups excluding carboxylic acids is 1. The van der Waals surface area contributed by atoms with E-state index >= 15 is 0 Å². The third-order valence-electron chi connectivity index (χ3n) is 5.55. The summed E-state index contributed by atoms with van der Waals surface area (Å²) in [6.07, 6.45) is 5.81. The summed E-state index contributed by atoms with van der Waals surface area (Å²) in [6, 6.07) is 7.80. The lowest BCUT2D eigenvalue weighted by atomic mass is 9.83. The molecular weight excluding hydrogens is 388 g/mol. The second kappa shape index (κ2) is 7.07. The Kier molecular flexibility index (Phi) is 4.39. The number of nitrogens with one attached hydrogen (secondary N) is 1. The van der Waals surface area contributed by atoms with Gasteiger partial charge < -0.3 is 9.84 Å². The minimum absolute atomic E-state index is 0.0761. The summed E-state index contributed by atoms with van der Waals surface area (Å²) in [6.45, 7) is 2.10. The van der Waals surface area contributed by atoms with Crippen LogP contribution >= 0.6 is 11.3 Å². The van der Waals surface area contributed by atoms with E-state index in [1.807, 2.05) is 34.2 Å². The highest BCUT2D eigenvalue weighted by Crippen LogP contribution is 2.43. The number of thiophene rings is 1. The number of hydrogen-bond acceptors (Lipinski definition) is 7. The van der Waals surface area contributed by atoms with Crippen LogP contribution in [-0.4, -0.2) is 30.6 Å². The van der Waals surface area contributed by atoms with Gasteiger partial charge in [-0.15, -0.1) is 21.5 Å². The van der Waals surface area contributed by atoms with E-state index in [-0.39, 0.29) is 5.91 Å². The number of carbonyl (C=O) groups is 1. The molecule has 1 N–H and O–H groups in total. The third kappa shape index (κ3) is 3.11. The van der Waals surface area contributed by atoms with Gasteiger partial charge in [0.1, 0.15) is 0 Å². The fourth-order valence-electron chi connectivity index (χ4n) is 4.05. The van der Waals surface area contributed by atoms with Gasteiger partial charge in [0.25, 0.3) is 5.89 Å². The molecule has 1 aliphatic carbocycles. The Bertz CT molecular complexity index is 1160. The molecule has 0 aliphatic heterocycles. The summed E-state index contributed by atoms with van der Waals surface area (Å²) < 4.78 is 7.07. The molecule has 0 radical (unpaired) electrons. The molecule has 5 rings (SSSR count). The van der Waals surface area contributed by atoms with Crippen molar-refractivity contribution in [2.45, 2.75) is 44.6 Å². The Morgan fingerprint density at radius 3 is 2.90 bits per heavy atom. The van der Waals surface area contributed by atoms with Crippen molar-refractivity contribution in [3.05, 3.63) is 52.4 Å². The molecule has 0 bridgehead atoms. The van der Waals surface area contributed by atoms with Crippen molar-refractivity contribution in [2.75, 3.05) is 0 Å². The number of aryl methyl sites for hydroxylation is 1. The standard InChI is InChI=1S/C20H20N6O2S/c1-13-22-18(28-25-13)14-6-9-26-16(11-14)23-24-17(26)12-21-19(27)20(7-2-3-8-20)15-5-4-10-29-15/h4-6,9-11H,2-3,7-8,12H2,1H3,(H,21,27). The van der Waals surface area contributed by atoms with Crippen LogP contribution in [0.25, 0.3) is 17.1 Å². The Balaban J connectivity index is 1.36. The molecule has 1 saturated carbocycles. The highest BCUT2D eigenvalue weighted by atomic mass is 32.1. The van der Waals surface area contributed by atoms with Gasteiger partial charge in [-0.05, 0) is 43.3 Å². The number of amides is 1. The average molecular weight is 408 g/mol. The van der Waals surface area contributed by atoms with Crippen molar-refractivity contribution in [1.29, 1.82) is 0 Å². The van der Waals surface area contributed by atoms with Gasteiger partial charge in [0.2, 0.25) is 5.91 Å². The second-order valence-electron chi connectivity index (χ2n) is 7.36. The van der Waals surface area contributed by atoms with E-state index in [2.05, 4.69) is 31.7 Å². The molecule has 0 aromatic carbocycles. The molecule has 1 aliphatic rings. The lowest BCUT2D eigenvalue weighted by Crippen LogP contribution is -2.42. The number of hydrogen-bond donors (Lipinski definition) is 1. The highest BCUT2D eigenvalue weighted by Gasteiger charge is 2.43. The van der Waals surface area contributed by atoms with Gasteiger partial charge in [0.15, 0.2) is 17.3 Å². The number of fused-ring (bicyclic) bond motifs is 1. The fourth-order valence-corrected chi connectivity index (χ4v) is 5.03. The normalized spacial score (nSPS) is 15.8. The molecule has 9 heteroatoms. The van der Waals surface area contributed by atoms with Crippen LogP contribution in [0.5, 0.6) is 0 Å². The van der Waals surface area contributed by atoms with E-state index in [0.717, 1.165) is 36.1 Å². The summed E-state index contributed by atoms with van der Waals surface area (Å²) >= 11 is 1.66. The summed E-state index contributed by atoms with van der Waals surface area (Å²) in [5.41, 5.74) is 1.04. The summed E-state index contributed by atoms with van der Waals surface area (Å²) in [7, 11) is 0. The van der Waals surface area contributed by atoms with Gasteiger partial charge in [-0.1, -0.05) is 24.1 Å². The van der Waals surface area contributed by atoms with Crippen LogP contribution < -0.4 is 5.32 Å². The smallest absolute Gasteiger partial charge is 0.258 e. The molecule has 29 heavy (non-hydrogen) atoms. The summed E-state index contributed by atoms with van der Waals surface area (Å²) in [5.74, 6) is 1.78. The van der Waals surface area contributed by atoms with Crippen molar-refractivity contribution in [2.24, 2.45) is 0 Å². The largest absolute Gasteiger partial charge is 0.348 e. The van der Waals surface area contributed by atoms with E-state index in [9.17, 15) is 4.79 Å². The van der Waals surface area contributed by atoms with Gasteiger partial charge in [-0.25, -0.2) is 0 Å². The van der Waals surface area contributed by atoms with Crippen LogP contribution in [-0.2, 0) is 16.8 Å². The van der Waals surface area contributed by atoms with E-state index in [1.165, 1.54) is 0 Å². The minimum Gasteiger partial charge on any atom is -0.348 e. The van der Waals surface area contributed by atoms with Crippen molar-refractivity contribution < 1.29 is 9.32 Å². The van der Waals surface area contributed by atoms with Gasteiger partial charge in [-0.2, -0.15) is 4.98 Å². The zero-order valence-electron chi connectivity index (χ0n) is 16.0. The summed E-state index contributed by atoms with van der Waals surface area (Å²) in [5, 5.41) is 17.4. The van der Waals surface area contributed by atoms with E-state index < -0.39 is 5.41 Å². The third-order valence-corrected chi connectivity index (χ3v) is 6.62. The second-order valence-corrected chi connectivity index (χ2v) is 8.30. The summed E-state index contributed by atoms with van der Waals surface area (Å²) in [4.78, 5) is 18.5. The van der Waals surface area contributed by atoms with Crippen LogP contribution in [0.15, 0.2) is 40.4 Å². The number of rotatable bonds is 5. The molecule has 0 spiro atoms. The van der Waals surface area contributed by atoms with E-state index in [1.54, 1.807) is 18.3 Å². The lowest BCUT2D eigenvalue weighted by molar-refractivity contribution is -0.126. The number of aromatic nitrogens is 5. The number of pyridine rings is 1. The Morgan fingerprint density at radius 1 is 1.31 bits per heavy atom. The molecule has 4 aromatic heterocycles. The van der Waals surface area contributed by atoms with Crippen molar-refractivity contribution in [1.82, 2.24) is 30.1 Å². The van der Waals surface area contributed by atoms with Crippen LogP contribution in [0.3, 0.4) is 0 Å². The first-order valence-electron chi connectivity index (χ1n) is 9.62. The van der Waals surface area contributed by atoms with Crippen LogP contribution in [0.2, 0.25) is 0 Å². The van der Waals surface area contributed by atoms with Crippen LogP contribution in [0, 0.1) is 6.92 Å². The van der Waals surface area contributed by atoms with Crippen LogP contribution in [0.1, 0.15) is 42.2 Å². The van der Waals surface area contributed by atoms with Gasteiger partial charge in [-0.3, -0.25) is 9.20 Å². The SMILES string of the molecule is Cc1noc(-c2ccn3c(CNC(=O)C4(c5cccs5)CCCC4)nnc3c2)n1. The zero-order valence-corrected chi connectivity index (χ0v) is 16.8. The zero-order chi connectivity index (χ0) is 19.8. The molecule has 0 atom stereocenters. The first kappa shape index (κ1) is 18.0. The predicted molar refractivity (Wildman–Crippen MR) is 107 cm³/mol. The molecule has 0 unspecified atom stereocenters. The maximum absolute atomic E-state index is 13.1. The Labute approximate surface area is 171 Å². The molecule has 1 fully saturated rings. The fraction of sp³-hybridized carbons (Fsp3) is 0.350. The first-order valence-corrected chi connectivity index (χ1v) is 10.5. The van der Waals surface area contributed by atoms with Gasteiger partial charge in [0, 0.05) is 16.6 Å². The molecule has 4 aromatic rings. The van der Waals surface area contributed by atoms with Gasteiger partial charge in [0.05, 0.1) is 12.0 Å². The Hall–Kier alpha value is -3.07. The van der Waals surface area contributed by atoms with Crippen molar-refractivity contribution in [3.63, 3.8) is 0 Å².